The molecular weight excluding hydrogens is 346 g/mol. The summed E-state index contributed by atoms with van der Waals surface area (Å²) >= 11 is 3.32. The van der Waals surface area contributed by atoms with E-state index in [0.29, 0.717) is 21.5 Å². The highest BCUT2D eigenvalue weighted by Gasteiger charge is 2.13. The summed E-state index contributed by atoms with van der Waals surface area (Å²) in [5.41, 5.74) is 2.15. The highest BCUT2D eigenvalue weighted by atomic mass is 79.9. The summed E-state index contributed by atoms with van der Waals surface area (Å²) in [4.78, 5) is 12.0. The molecule has 0 radical (unpaired) electrons. The minimum absolute atomic E-state index is 0.0417. The van der Waals surface area contributed by atoms with Crippen LogP contribution < -0.4 is 0 Å². The Morgan fingerprint density at radius 2 is 1.82 bits per heavy atom. The smallest absolute Gasteiger partial charge is 0.339 e. The van der Waals surface area contributed by atoms with Gasteiger partial charge in [-0.05, 0) is 28.1 Å². The summed E-state index contributed by atoms with van der Waals surface area (Å²) in [6.07, 6.45) is 0. The monoisotopic (exact) mass is 357 g/mol. The van der Waals surface area contributed by atoms with Crippen LogP contribution in [0, 0.1) is 0 Å². The fourth-order valence-electron chi connectivity index (χ4n) is 1.97. The minimum atomic E-state index is -0.412. The van der Waals surface area contributed by atoms with Crippen molar-refractivity contribution < 1.29 is 14.1 Å². The van der Waals surface area contributed by atoms with Gasteiger partial charge in [-0.3, -0.25) is 0 Å². The SMILES string of the molecule is O=C(OCc1cc(-c2ccccc2)no1)c1ccccc1Br. The number of benzene rings is 2. The zero-order valence-electron chi connectivity index (χ0n) is 11.5. The van der Waals surface area contributed by atoms with E-state index < -0.39 is 5.97 Å². The fraction of sp³-hybridized carbons (Fsp3) is 0.0588. The Morgan fingerprint density at radius 1 is 1.09 bits per heavy atom. The van der Waals surface area contributed by atoms with E-state index in [-0.39, 0.29) is 6.61 Å². The third-order valence-corrected chi connectivity index (χ3v) is 3.76. The van der Waals surface area contributed by atoms with Crippen molar-refractivity contribution in [2.75, 3.05) is 0 Å². The third-order valence-electron chi connectivity index (χ3n) is 3.07. The van der Waals surface area contributed by atoms with Gasteiger partial charge in [-0.25, -0.2) is 4.79 Å². The third kappa shape index (κ3) is 3.26. The molecule has 0 saturated carbocycles. The Hall–Kier alpha value is -2.40. The molecule has 0 aliphatic rings. The topological polar surface area (TPSA) is 52.3 Å². The molecule has 0 N–H and O–H groups in total. The lowest BCUT2D eigenvalue weighted by molar-refractivity contribution is 0.0436. The molecule has 0 spiro atoms. The summed E-state index contributed by atoms with van der Waals surface area (Å²) < 4.78 is 11.1. The van der Waals surface area contributed by atoms with Gasteiger partial charge in [-0.15, -0.1) is 0 Å². The van der Waals surface area contributed by atoms with Gasteiger partial charge in [0.25, 0.3) is 0 Å². The van der Waals surface area contributed by atoms with E-state index in [1.165, 1.54) is 0 Å². The lowest BCUT2D eigenvalue weighted by Crippen LogP contribution is -2.05. The molecule has 110 valence electrons. The molecule has 5 heteroatoms. The first-order chi connectivity index (χ1) is 10.7. The van der Waals surface area contributed by atoms with Gasteiger partial charge in [0.1, 0.15) is 5.69 Å². The Labute approximate surface area is 135 Å². The summed E-state index contributed by atoms with van der Waals surface area (Å²) in [6, 6.07) is 18.5. The first kappa shape index (κ1) is 14.5. The summed E-state index contributed by atoms with van der Waals surface area (Å²) in [5, 5.41) is 3.98. The minimum Gasteiger partial charge on any atom is -0.454 e. The zero-order valence-corrected chi connectivity index (χ0v) is 13.1. The van der Waals surface area contributed by atoms with Crippen molar-refractivity contribution in [1.29, 1.82) is 0 Å². The molecule has 3 rings (SSSR count). The maximum Gasteiger partial charge on any atom is 0.339 e. The first-order valence-electron chi connectivity index (χ1n) is 6.67. The van der Waals surface area contributed by atoms with Crippen molar-refractivity contribution >= 4 is 21.9 Å². The molecule has 0 fully saturated rings. The van der Waals surface area contributed by atoms with Crippen LogP contribution in [0.25, 0.3) is 11.3 Å². The molecule has 4 nitrogen and oxygen atoms in total. The van der Waals surface area contributed by atoms with E-state index in [0.717, 1.165) is 5.56 Å². The number of carbonyl (C=O) groups is 1. The molecule has 0 saturated heterocycles. The van der Waals surface area contributed by atoms with Gasteiger partial charge in [-0.1, -0.05) is 47.6 Å². The van der Waals surface area contributed by atoms with Crippen LogP contribution in [0.3, 0.4) is 0 Å². The molecule has 1 aromatic heterocycles. The van der Waals surface area contributed by atoms with E-state index >= 15 is 0 Å². The van der Waals surface area contributed by atoms with E-state index in [4.69, 9.17) is 9.26 Å². The van der Waals surface area contributed by atoms with Crippen molar-refractivity contribution in [3.05, 3.63) is 76.5 Å². The molecule has 0 bridgehead atoms. The predicted octanol–water partition coefficient (Wildman–Crippen LogP) is 4.46. The number of hydrogen-bond donors (Lipinski definition) is 0. The molecule has 22 heavy (non-hydrogen) atoms. The summed E-state index contributed by atoms with van der Waals surface area (Å²) in [7, 11) is 0. The van der Waals surface area contributed by atoms with Crippen LogP contribution in [0.15, 0.2) is 69.7 Å². The number of halogens is 1. The maximum absolute atomic E-state index is 12.0. The standard InChI is InChI=1S/C17H12BrNO3/c18-15-9-5-4-8-14(15)17(20)21-11-13-10-16(19-22-13)12-6-2-1-3-7-12/h1-10H,11H2. The van der Waals surface area contributed by atoms with Crippen molar-refractivity contribution in [1.82, 2.24) is 5.16 Å². The van der Waals surface area contributed by atoms with Crippen LogP contribution in [-0.2, 0) is 11.3 Å². The highest BCUT2D eigenvalue weighted by molar-refractivity contribution is 9.10. The Morgan fingerprint density at radius 3 is 2.59 bits per heavy atom. The fourth-order valence-corrected chi connectivity index (χ4v) is 2.41. The van der Waals surface area contributed by atoms with Gasteiger partial charge >= 0.3 is 5.97 Å². The van der Waals surface area contributed by atoms with Gasteiger partial charge in [0.05, 0.1) is 5.56 Å². The van der Waals surface area contributed by atoms with E-state index in [2.05, 4.69) is 21.1 Å². The Bertz CT molecular complexity index is 783. The normalized spacial score (nSPS) is 10.4. The molecule has 0 aliphatic carbocycles. The number of nitrogens with zero attached hydrogens (tertiary/aromatic N) is 1. The van der Waals surface area contributed by atoms with Gasteiger partial charge in [0.15, 0.2) is 12.4 Å². The van der Waals surface area contributed by atoms with E-state index in [1.54, 1.807) is 24.3 Å². The van der Waals surface area contributed by atoms with Crippen molar-refractivity contribution in [3.63, 3.8) is 0 Å². The van der Waals surface area contributed by atoms with Gasteiger partial charge < -0.3 is 9.26 Å². The predicted molar refractivity (Wildman–Crippen MR) is 85.2 cm³/mol. The highest BCUT2D eigenvalue weighted by Crippen LogP contribution is 2.20. The molecular formula is C17H12BrNO3. The second kappa shape index (κ2) is 6.58. The molecule has 0 unspecified atom stereocenters. The maximum atomic E-state index is 12.0. The number of rotatable bonds is 4. The zero-order chi connectivity index (χ0) is 15.4. The molecule has 0 amide bonds. The number of hydrogen-bond acceptors (Lipinski definition) is 4. The number of ether oxygens (including phenoxy) is 1. The average Bonchev–Trinajstić information content (AvgIpc) is 3.03. The quantitative estimate of drug-likeness (QED) is 0.646. The van der Waals surface area contributed by atoms with Gasteiger partial charge in [-0.2, -0.15) is 0 Å². The van der Waals surface area contributed by atoms with Crippen LogP contribution in [0.2, 0.25) is 0 Å². The Balaban J connectivity index is 1.67. The number of esters is 1. The summed E-state index contributed by atoms with van der Waals surface area (Å²) in [5.74, 6) is 0.0874. The van der Waals surface area contributed by atoms with E-state index in [1.807, 2.05) is 36.4 Å². The lowest BCUT2D eigenvalue weighted by Gasteiger charge is -2.03. The average molecular weight is 358 g/mol. The van der Waals surface area contributed by atoms with Crippen LogP contribution in [0.1, 0.15) is 16.1 Å². The van der Waals surface area contributed by atoms with Crippen molar-refractivity contribution in [3.8, 4) is 11.3 Å². The Kier molecular flexibility index (Phi) is 4.34. The molecule has 1 heterocycles. The summed E-state index contributed by atoms with van der Waals surface area (Å²) in [6.45, 7) is 0.0417. The number of carbonyl (C=O) groups excluding carboxylic acids is 1. The van der Waals surface area contributed by atoms with Gasteiger partial charge in [0, 0.05) is 16.1 Å². The largest absolute Gasteiger partial charge is 0.454 e. The van der Waals surface area contributed by atoms with Gasteiger partial charge in [0.2, 0.25) is 0 Å². The van der Waals surface area contributed by atoms with Crippen LogP contribution in [0.4, 0.5) is 0 Å². The first-order valence-corrected chi connectivity index (χ1v) is 7.46. The van der Waals surface area contributed by atoms with Crippen LogP contribution in [-0.4, -0.2) is 11.1 Å². The van der Waals surface area contributed by atoms with Crippen molar-refractivity contribution in [2.24, 2.45) is 0 Å². The second-order valence-corrected chi connectivity index (χ2v) is 5.45. The molecule has 3 aromatic rings. The van der Waals surface area contributed by atoms with E-state index in [9.17, 15) is 4.79 Å². The second-order valence-electron chi connectivity index (χ2n) is 4.60. The molecule has 0 atom stereocenters. The lowest BCUT2D eigenvalue weighted by atomic mass is 10.1. The molecule has 0 aliphatic heterocycles. The number of aromatic nitrogens is 1. The van der Waals surface area contributed by atoms with Crippen LogP contribution in [0.5, 0.6) is 0 Å². The molecule has 2 aromatic carbocycles. The van der Waals surface area contributed by atoms with Crippen LogP contribution >= 0.6 is 15.9 Å². The van der Waals surface area contributed by atoms with Crippen molar-refractivity contribution in [2.45, 2.75) is 6.61 Å².